The van der Waals surface area contributed by atoms with Crippen molar-refractivity contribution in [3.63, 3.8) is 0 Å². The van der Waals surface area contributed by atoms with Crippen LogP contribution in [-0.4, -0.2) is 24.4 Å². The molecule has 4 aromatic rings. The van der Waals surface area contributed by atoms with E-state index in [9.17, 15) is 14.0 Å². The van der Waals surface area contributed by atoms with Crippen LogP contribution in [0.25, 0.3) is 27.8 Å². The summed E-state index contributed by atoms with van der Waals surface area (Å²) in [6, 6.07) is 10.1. The number of alkyl halides is 2. The monoisotopic (exact) mass is 416 g/mol. The Morgan fingerprint density at radius 2 is 1.84 bits per heavy atom. The summed E-state index contributed by atoms with van der Waals surface area (Å²) in [6.45, 7) is -2.67. The fraction of sp³-hybridized carbons (Fsp3) is 0.217. The van der Waals surface area contributed by atoms with E-state index in [0.717, 1.165) is 34.3 Å². The van der Waals surface area contributed by atoms with Crippen LogP contribution >= 0.6 is 0 Å². The fourth-order valence-corrected chi connectivity index (χ4v) is 4.14. The Morgan fingerprint density at radius 3 is 2.52 bits per heavy atom. The normalized spacial score (nSPS) is 18.5. The van der Waals surface area contributed by atoms with Crippen molar-refractivity contribution in [3.05, 3.63) is 73.1 Å². The first-order valence-electron chi connectivity index (χ1n) is 9.93. The van der Waals surface area contributed by atoms with Gasteiger partial charge in [0.25, 0.3) is 0 Å². The van der Waals surface area contributed by atoms with Gasteiger partial charge in [0, 0.05) is 29.7 Å². The van der Waals surface area contributed by atoms with Crippen LogP contribution in [0.3, 0.4) is 0 Å². The zero-order valence-corrected chi connectivity index (χ0v) is 16.5. The second-order valence-electron chi connectivity index (χ2n) is 7.60. The van der Waals surface area contributed by atoms with E-state index in [1.54, 1.807) is 23.1 Å². The predicted molar refractivity (Wildman–Crippen MR) is 111 cm³/mol. The van der Waals surface area contributed by atoms with Gasteiger partial charge in [-0.15, -0.1) is 0 Å². The molecule has 0 fully saturated rings. The van der Waals surface area contributed by atoms with E-state index in [2.05, 4.69) is 27.3 Å². The third-order valence-corrected chi connectivity index (χ3v) is 5.80. The Bertz CT molecular complexity index is 1310. The van der Waals surface area contributed by atoms with Crippen molar-refractivity contribution in [3.8, 4) is 28.3 Å². The van der Waals surface area contributed by atoms with Crippen LogP contribution in [-0.2, 0) is 5.41 Å². The average Bonchev–Trinajstić information content (AvgIpc) is 3.47. The largest absolute Gasteiger partial charge is 0.333 e. The molecular formula is C23H18F2N6. The number of hydrogen-bond acceptors (Lipinski definition) is 4. The first-order chi connectivity index (χ1) is 15.1. The number of benzene rings is 1. The summed E-state index contributed by atoms with van der Waals surface area (Å²) < 4.78 is 28.0. The van der Waals surface area contributed by atoms with Crippen LogP contribution in [0.15, 0.2) is 67.4 Å². The van der Waals surface area contributed by atoms with E-state index in [4.69, 9.17) is 0 Å². The summed E-state index contributed by atoms with van der Waals surface area (Å²) in [5.74, 6) is 0. The quantitative estimate of drug-likeness (QED) is 0.431. The van der Waals surface area contributed by atoms with Gasteiger partial charge in [-0.1, -0.05) is 36.4 Å². The first-order valence-corrected chi connectivity index (χ1v) is 9.93. The molecule has 31 heavy (non-hydrogen) atoms. The van der Waals surface area contributed by atoms with Gasteiger partial charge in [-0.3, -0.25) is 4.98 Å². The summed E-state index contributed by atoms with van der Waals surface area (Å²) in [5, 5.41) is 18.2. The molecule has 5 rings (SSSR count). The maximum absolute atomic E-state index is 12.8. The van der Waals surface area contributed by atoms with Gasteiger partial charge >= 0.3 is 6.55 Å². The Kier molecular flexibility index (Phi) is 4.59. The lowest BCUT2D eigenvalue weighted by Crippen LogP contribution is -2.27. The molecule has 3 heterocycles. The van der Waals surface area contributed by atoms with Crippen molar-refractivity contribution in [2.45, 2.75) is 31.2 Å². The van der Waals surface area contributed by atoms with Gasteiger partial charge in [0.15, 0.2) is 0 Å². The van der Waals surface area contributed by atoms with E-state index in [1.165, 1.54) is 12.4 Å². The topological polar surface area (TPSA) is 71.8 Å². The zero-order chi connectivity index (χ0) is 21.4. The van der Waals surface area contributed by atoms with Crippen molar-refractivity contribution in [2.24, 2.45) is 0 Å². The van der Waals surface area contributed by atoms with E-state index < -0.39 is 12.0 Å². The molecule has 1 atom stereocenters. The van der Waals surface area contributed by atoms with Gasteiger partial charge in [0.1, 0.15) is 5.41 Å². The molecular weight excluding hydrogens is 398 g/mol. The van der Waals surface area contributed by atoms with Gasteiger partial charge in [-0.2, -0.15) is 24.2 Å². The standard InChI is InChI=1S/C23H18F2N6/c24-22(25)31-14-18(12-28-31)16-4-6-17(7-5-16)19-13-29-30-11-10-27-21(20(19)30)23(15-26)8-2-1-3-9-23/h1-2,4-7,10-14,22H,3,8-9H2. The maximum atomic E-state index is 12.8. The zero-order valence-electron chi connectivity index (χ0n) is 16.5. The highest BCUT2D eigenvalue weighted by Crippen LogP contribution is 2.39. The second kappa shape index (κ2) is 7.43. The molecule has 0 aliphatic heterocycles. The number of nitrogens with zero attached hydrogens (tertiary/aromatic N) is 6. The number of aromatic nitrogens is 5. The van der Waals surface area contributed by atoms with Crippen molar-refractivity contribution < 1.29 is 8.78 Å². The molecule has 0 saturated carbocycles. The fourth-order valence-electron chi connectivity index (χ4n) is 4.14. The van der Waals surface area contributed by atoms with Crippen molar-refractivity contribution >= 4 is 5.52 Å². The maximum Gasteiger partial charge on any atom is 0.333 e. The molecule has 0 radical (unpaired) electrons. The summed E-state index contributed by atoms with van der Waals surface area (Å²) in [7, 11) is 0. The number of halogens is 2. The predicted octanol–water partition coefficient (Wildman–Crippen LogP) is 5.16. The van der Waals surface area contributed by atoms with Gasteiger partial charge in [-0.25, -0.2) is 9.20 Å². The minimum absolute atomic E-state index is 0.617. The van der Waals surface area contributed by atoms with E-state index in [-0.39, 0.29) is 0 Å². The van der Waals surface area contributed by atoms with Crippen molar-refractivity contribution in [1.82, 2.24) is 24.4 Å². The summed E-state index contributed by atoms with van der Waals surface area (Å²) in [6.07, 6.45) is 14.3. The Labute approximate surface area is 177 Å². The minimum atomic E-state index is -2.67. The number of hydrogen-bond donors (Lipinski definition) is 0. The molecule has 8 heteroatoms. The summed E-state index contributed by atoms with van der Waals surface area (Å²) in [5.41, 5.74) is 4.06. The molecule has 1 aliphatic carbocycles. The molecule has 3 aromatic heterocycles. The van der Waals surface area contributed by atoms with Gasteiger partial charge in [0.05, 0.1) is 29.7 Å². The molecule has 1 unspecified atom stereocenters. The molecule has 0 saturated heterocycles. The van der Waals surface area contributed by atoms with Gasteiger partial charge < -0.3 is 0 Å². The van der Waals surface area contributed by atoms with Gasteiger partial charge in [0.2, 0.25) is 0 Å². The first kappa shape index (κ1) is 19.1. The van der Waals surface area contributed by atoms with Crippen molar-refractivity contribution in [1.29, 1.82) is 5.26 Å². The molecule has 0 spiro atoms. The van der Waals surface area contributed by atoms with Gasteiger partial charge in [-0.05, 0) is 30.4 Å². The van der Waals surface area contributed by atoms with Crippen LogP contribution in [0.4, 0.5) is 8.78 Å². The lowest BCUT2D eigenvalue weighted by molar-refractivity contribution is 0.0566. The highest BCUT2D eigenvalue weighted by molar-refractivity contribution is 5.83. The molecule has 154 valence electrons. The lowest BCUT2D eigenvalue weighted by Gasteiger charge is -2.27. The second-order valence-corrected chi connectivity index (χ2v) is 7.60. The molecule has 1 aliphatic rings. The lowest BCUT2D eigenvalue weighted by atomic mass is 9.75. The Hall–Kier alpha value is -3.86. The third kappa shape index (κ3) is 3.19. The summed E-state index contributed by atoms with van der Waals surface area (Å²) in [4.78, 5) is 4.62. The smallest absolute Gasteiger partial charge is 0.256 e. The van der Waals surface area contributed by atoms with Crippen LogP contribution in [0.5, 0.6) is 0 Å². The third-order valence-electron chi connectivity index (χ3n) is 5.80. The summed E-state index contributed by atoms with van der Waals surface area (Å²) >= 11 is 0. The Morgan fingerprint density at radius 1 is 1.03 bits per heavy atom. The number of allylic oxidation sites excluding steroid dienone is 2. The van der Waals surface area contributed by atoms with Crippen molar-refractivity contribution in [2.75, 3.05) is 0 Å². The SMILES string of the molecule is N#CC1(c2nccn3ncc(-c4ccc(-c5cnn(C(F)F)c5)cc4)c23)CC=CCC1. The average molecular weight is 416 g/mol. The van der Waals surface area contributed by atoms with E-state index in [0.29, 0.717) is 23.1 Å². The van der Waals surface area contributed by atoms with E-state index in [1.807, 2.05) is 30.3 Å². The molecule has 1 aromatic carbocycles. The molecule has 6 nitrogen and oxygen atoms in total. The van der Waals surface area contributed by atoms with Crippen LogP contribution in [0.2, 0.25) is 0 Å². The molecule has 0 amide bonds. The van der Waals surface area contributed by atoms with Crippen LogP contribution < -0.4 is 0 Å². The molecule has 0 bridgehead atoms. The number of rotatable bonds is 4. The minimum Gasteiger partial charge on any atom is -0.256 e. The van der Waals surface area contributed by atoms with E-state index >= 15 is 0 Å². The van der Waals surface area contributed by atoms with Crippen LogP contribution in [0.1, 0.15) is 31.5 Å². The van der Waals surface area contributed by atoms with Crippen LogP contribution in [0, 0.1) is 11.3 Å². The number of fused-ring (bicyclic) bond motifs is 1. The Balaban J connectivity index is 1.58. The highest BCUT2D eigenvalue weighted by atomic mass is 19.3. The number of nitriles is 1. The highest BCUT2D eigenvalue weighted by Gasteiger charge is 2.36. The molecule has 0 N–H and O–H groups in total.